The Balaban J connectivity index is 1.69. The Morgan fingerprint density at radius 3 is 2.33 bits per heavy atom. The Labute approximate surface area is 191 Å². The molecule has 1 aromatic rings. The van der Waals surface area contributed by atoms with Gasteiger partial charge in [0.25, 0.3) is 11.6 Å². The third-order valence-corrected chi connectivity index (χ3v) is 4.68. The van der Waals surface area contributed by atoms with Gasteiger partial charge in [-0.15, -0.1) is 0 Å². The van der Waals surface area contributed by atoms with Crippen molar-refractivity contribution in [1.29, 1.82) is 0 Å². The first kappa shape index (κ1) is 25.6. The number of hydrogen-bond donors (Lipinski definition) is 3. The fourth-order valence-electron chi connectivity index (χ4n) is 3.14. The number of nitro benzene ring substituents is 1. The van der Waals surface area contributed by atoms with Gasteiger partial charge in [-0.1, -0.05) is 0 Å². The van der Waals surface area contributed by atoms with Crippen LogP contribution in [0.2, 0.25) is 0 Å². The lowest BCUT2D eigenvalue weighted by Gasteiger charge is -2.28. The number of nitrogens with one attached hydrogen (secondary N) is 3. The molecule has 0 radical (unpaired) electrons. The number of nitrogens with zero attached hydrogens (tertiary/aromatic N) is 2. The number of non-ortho nitro benzene ring substituents is 1. The minimum atomic E-state index is -0.686. The number of carbonyl (C=O) groups excluding carboxylic acids is 4. The summed E-state index contributed by atoms with van der Waals surface area (Å²) in [5.74, 6) is -1.31. The lowest BCUT2D eigenvalue weighted by molar-refractivity contribution is -0.384. The van der Waals surface area contributed by atoms with Crippen LogP contribution in [0.15, 0.2) is 24.3 Å². The van der Waals surface area contributed by atoms with Crippen LogP contribution in [0.5, 0.6) is 0 Å². The van der Waals surface area contributed by atoms with Crippen LogP contribution >= 0.6 is 0 Å². The molecule has 1 atom stereocenters. The summed E-state index contributed by atoms with van der Waals surface area (Å²) in [4.78, 5) is 60.1. The summed E-state index contributed by atoms with van der Waals surface area (Å²) in [7, 11) is 0. The van der Waals surface area contributed by atoms with Crippen LogP contribution in [0.25, 0.3) is 0 Å². The largest absolute Gasteiger partial charge is 0.444 e. The predicted molar refractivity (Wildman–Crippen MR) is 117 cm³/mol. The second-order valence-corrected chi connectivity index (χ2v) is 8.46. The zero-order valence-electron chi connectivity index (χ0n) is 18.9. The molecule has 1 aliphatic rings. The topological polar surface area (TPSA) is 160 Å². The van der Waals surface area contributed by atoms with Crippen molar-refractivity contribution in [2.45, 2.75) is 45.3 Å². The van der Waals surface area contributed by atoms with Crippen LogP contribution in [-0.4, -0.2) is 71.5 Å². The van der Waals surface area contributed by atoms with Crippen molar-refractivity contribution < 1.29 is 28.8 Å². The maximum absolute atomic E-state index is 12.4. The molecule has 1 aliphatic heterocycles. The van der Waals surface area contributed by atoms with Gasteiger partial charge in [0.05, 0.1) is 11.5 Å². The minimum Gasteiger partial charge on any atom is -0.444 e. The molecule has 0 bridgehead atoms. The van der Waals surface area contributed by atoms with Gasteiger partial charge in [-0.25, -0.2) is 4.79 Å². The number of amides is 4. The summed E-state index contributed by atoms with van der Waals surface area (Å²) in [5.41, 5.74) is -0.535. The SMILES string of the molecule is CC(C)(C)OC(=O)N1CCC[C@H]1C(=O)NCC(=O)NCCNC(=O)c1ccc([N+](=O)[O-])cc1. The molecule has 1 fully saturated rings. The van der Waals surface area contributed by atoms with E-state index in [0.717, 1.165) is 0 Å². The highest BCUT2D eigenvalue weighted by atomic mass is 16.6. The first-order chi connectivity index (χ1) is 15.5. The normalized spacial score (nSPS) is 15.5. The summed E-state index contributed by atoms with van der Waals surface area (Å²) >= 11 is 0. The van der Waals surface area contributed by atoms with Gasteiger partial charge in [0.1, 0.15) is 11.6 Å². The number of rotatable bonds is 8. The second kappa shape index (κ2) is 11.2. The highest BCUT2D eigenvalue weighted by Crippen LogP contribution is 2.21. The van der Waals surface area contributed by atoms with E-state index in [2.05, 4.69) is 16.0 Å². The zero-order valence-corrected chi connectivity index (χ0v) is 18.9. The molecule has 0 aliphatic carbocycles. The standard InChI is InChI=1S/C21H29N5O7/c1-21(2,3)33-20(30)25-12-4-5-16(25)19(29)24-13-17(27)22-10-11-23-18(28)14-6-8-15(9-7-14)26(31)32/h6-9,16H,4-5,10-13H2,1-3H3,(H,22,27)(H,23,28)(H,24,29)/t16-/m0/s1. The molecule has 12 heteroatoms. The Kier molecular flexibility index (Phi) is 8.71. The first-order valence-electron chi connectivity index (χ1n) is 10.5. The Hall–Kier alpha value is -3.70. The van der Waals surface area contributed by atoms with Gasteiger partial charge in [-0.3, -0.25) is 29.4 Å². The molecule has 3 N–H and O–H groups in total. The number of benzene rings is 1. The number of ether oxygens (including phenoxy) is 1. The lowest BCUT2D eigenvalue weighted by atomic mass is 10.2. The quantitative estimate of drug-likeness (QED) is 0.294. The fourth-order valence-corrected chi connectivity index (χ4v) is 3.14. The Bertz CT molecular complexity index is 895. The van der Waals surface area contributed by atoms with Crippen LogP contribution < -0.4 is 16.0 Å². The van der Waals surface area contributed by atoms with Crippen LogP contribution in [0.1, 0.15) is 44.0 Å². The highest BCUT2D eigenvalue weighted by Gasteiger charge is 2.36. The van der Waals surface area contributed by atoms with E-state index in [1.165, 1.54) is 29.2 Å². The van der Waals surface area contributed by atoms with E-state index < -0.39 is 40.4 Å². The first-order valence-corrected chi connectivity index (χ1v) is 10.5. The molecule has 4 amide bonds. The predicted octanol–water partition coefficient (Wildman–Crippen LogP) is 0.957. The minimum absolute atomic E-state index is 0.118. The summed E-state index contributed by atoms with van der Waals surface area (Å²) < 4.78 is 5.32. The van der Waals surface area contributed by atoms with E-state index in [9.17, 15) is 29.3 Å². The molecule has 33 heavy (non-hydrogen) atoms. The van der Waals surface area contributed by atoms with E-state index in [1.807, 2.05) is 0 Å². The van der Waals surface area contributed by atoms with Gasteiger partial charge < -0.3 is 20.7 Å². The molecular weight excluding hydrogens is 434 g/mol. The zero-order chi connectivity index (χ0) is 24.6. The molecular formula is C21H29N5O7. The molecule has 0 aromatic heterocycles. The van der Waals surface area contributed by atoms with Gasteiger partial charge >= 0.3 is 6.09 Å². The van der Waals surface area contributed by atoms with Crippen molar-refractivity contribution in [2.24, 2.45) is 0 Å². The summed E-state index contributed by atoms with van der Waals surface area (Å²) in [6.07, 6.45) is 0.590. The average molecular weight is 463 g/mol. The number of hydrogen-bond acceptors (Lipinski definition) is 7. The maximum atomic E-state index is 12.4. The molecule has 0 spiro atoms. The van der Waals surface area contributed by atoms with E-state index >= 15 is 0 Å². The molecule has 180 valence electrons. The van der Waals surface area contributed by atoms with E-state index in [1.54, 1.807) is 20.8 Å². The van der Waals surface area contributed by atoms with Gasteiger partial charge in [-0.05, 0) is 45.7 Å². The molecule has 0 unspecified atom stereocenters. The van der Waals surface area contributed by atoms with Crippen molar-refractivity contribution in [2.75, 3.05) is 26.2 Å². The lowest BCUT2D eigenvalue weighted by Crippen LogP contribution is -2.49. The van der Waals surface area contributed by atoms with E-state index in [-0.39, 0.29) is 30.9 Å². The molecule has 2 rings (SSSR count). The monoisotopic (exact) mass is 463 g/mol. The van der Waals surface area contributed by atoms with Crippen LogP contribution in [-0.2, 0) is 14.3 Å². The van der Waals surface area contributed by atoms with Crippen LogP contribution in [0, 0.1) is 10.1 Å². The van der Waals surface area contributed by atoms with E-state index in [4.69, 9.17) is 4.74 Å². The number of carbonyl (C=O) groups is 4. The van der Waals surface area contributed by atoms with Crippen LogP contribution in [0.3, 0.4) is 0 Å². The Morgan fingerprint density at radius 1 is 1.09 bits per heavy atom. The summed E-state index contributed by atoms with van der Waals surface area (Å²) in [5, 5.41) is 18.3. The fraction of sp³-hybridized carbons (Fsp3) is 0.524. The van der Waals surface area contributed by atoms with Crippen molar-refractivity contribution in [3.8, 4) is 0 Å². The van der Waals surface area contributed by atoms with Crippen LogP contribution in [0.4, 0.5) is 10.5 Å². The van der Waals surface area contributed by atoms with Crippen molar-refractivity contribution in [3.05, 3.63) is 39.9 Å². The summed E-state index contributed by atoms with van der Waals surface area (Å²) in [6, 6.07) is 4.45. The number of likely N-dealkylation sites (tertiary alicyclic amines) is 1. The highest BCUT2D eigenvalue weighted by molar-refractivity contribution is 5.94. The molecule has 1 saturated heterocycles. The molecule has 1 aromatic carbocycles. The third-order valence-electron chi connectivity index (χ3n) is 4.68. The third kappa shape index (κ3) is 8.05. The van der Waals surface area contributed by atoms with Crippen molar-refractivity contribution >= 4 is 29.5 Å². The molecule has 0 saturated carbocycles. The maximum Gasteiger partial charge on any atom is 0.410 e. The van der Waals surface area contributed by atoms with Crippen molar-refractivity contribution in [1.82, 2.24) is 20.9 Å². The smallest absolute Gasteiger partial charge is 0.410 e. The van der Waals surface area contributed by atoms with Gasteiger partial charge in [0, 0.05) is 37.3 Å². The molecule has 1 heterocycles. The molecule has 12 nitrogen and oxygen atoms in total. The summed E-state index contributed by atoms with van der Waals surface area (Å²) in [6.45, 7) is 5.63. The van der Waals surface area contributed by atoms with Gasteiger partial charge in [0.15, 0.2) is 0 Å². The van der Waals surface area contributed by atoms with Gasteiger partial charge in [0.2, 0.25) is 11.8 Å². The van der Waals surface area contributed by atoms with Gasteiger partial charge in [-0.2, -0.15) is 0 Å². The van der Waals surface area contributed by atoms with E-state index in [0.29, 0.717) is 19.4 Å². The average Bonchev–Trinajstić information content (AvgIpc) is 3.24. The number of nitro groups is 1. The second-order valence-electron chi connectivity index (χ2n) is 8.46. The van der Waals surface area contributed by atoms with Crippen molar-refractivity contribution in [3.63, 3.8) is 0 Å². The Morgan fingerprint density at radius 2 is 1.73 bits per heavy atom.